The average molecular weight is 396 g/mol. The summed E-state index contributed by atoms with van der Waals surface area (Å²) >= 11 is 0. The zero-order valence-electron chi connectivity index (χ0n) is 15.9. The largest absolute Gasteiger partial charge is 0.496 e. The van der Waals surface area contributed by atoms with E-state index in [1.54, 1.807) is 19.2 Å². The van der Waals surface area contributed by atoms with E-state index >= 15 is 0 Å². The summed E-state index contributed by atoms with van der Waals surface area (Å²) < 4.78 is 26.9. The van der Waals surface area contributed by atoms with Crippen molar-refractivity contribution in [3.63, 3.8) is 0 Å². The fourth-order valence-electron chi connectivity index (χ4n) is 3.73. The van der Waals surface area contributed by atoms with E-state index < -0.39 is 17.4 Å². The second-order valence-electron chi connectivity index (χ2n) is 6.88. The molecule has 150 valence electrons. The second-order valence-corrected chi connectivity index (χ2v) is 6.88. The van der Waals surface area contributed by atoms with Crippen molar-refractivity contribution in [3.05, 3.63) is 77.6 Å². The van der Waals surface area contributed by atoms with Crippen LogP contribution < -0.4 is 4.74 Å². The fourth-order valence-corrected chi connectivity index (χ4v) is 3.73. The van der Waals surface area contributed by atoms with E-state index in [4.69, 9.17) is 23.0 Å². The summed E-state index contributed by atoms with van der Waals surface area (Å²) in [7, 11) is 1.59. The van der Waals surface area contributed by atoms with E-state index in [2.05, 4.69) is 0 Å². The molecule has 4 rings (SSSR count). The lowest BCUT2D eigenvalue weighted by atomic mass is 9.82. The molecule has 0 saturated heterocycles. The van der Waals surface area contributed by atoms with Gasteiger partial charge in [0.2, 0.25) is 11.5 Å². The second kappa shape index (κ2) is 7.87. The Bertz CT molecular complexity index is 936. The molecule has 0 radical (unpaired) electrons. The van der Waals surface area contributed by atoms with Gasteiger partial charge in [-0.2, -0.15) is 0 Å². The van der Waals surface area contributed by atoms with Crippen LogP contribution in [0.5, 0.6) is 5.75 Å². The number of fused-ring (bicyclic) bond motifs is 1. The first-order valence-corrected chi connectivity index (χ1v) is 9.20. The molecule has 0 amide bonds. The van der Waals surface area contributed by atoms with Gasteiger partial charge >= 0.3 is 11.9 Å². The van der Waals surface area contributed by atoms with Crippen LogP contribution in [-0.2, 0) is 21.3 Å². The number of benzene rings is 1. The quantitative estimate of drug-likeness (QED) is 0.562. The van der Waals surface area contributed by atoms with Gasteiger partial charge in [0.05, 0.1) is 25.1 Å². The van der Waals surface area contributed by atoms with Gasteiger partial charge in [-0.05, 0) is 48.7 Å². The van der Waals surface area contributed by atoms with Crippen molar-refractivity contribution >= 4 is 11.9 Å². The van der Waals surface area contributed by atoms with Crippen LogP contribution in [0.1, 0.15) is 38.7 Å². The van der Waals surface area contributed by atoms with Gasteiger partial charge in [0.15, 0.2) is 0 Å². The molecule has 0 saturated carbocycles. The van der Waals surface area contributed by atoms with Gasteiger partial charge in [-0.15, -0.1) is 0 Å². The third-order valence-electron chi connectivity index (χ3n) is 5.14. The Balaban J connectivity index is 1.60. The molecule has 29 heavy (non-hydrogen) atoms. The summed E-state index contributed by atoms with van der Waals surface area (Å²) in [5, 5.41) is 0. The van der Waals surface area contributed by atoms with Crippen LogP contribution in [0.2, 0.25) is 0 Å². The molecule has 0 spiro atoms. The molecule has 1 aromatic carbocycles. The van der Waals surface area contributed by atoms with Gasteiger partial charge in [0.1, 0.15) is 19.0 Å². The SMILES string of the molecule is COc1cccc2c1C(COC(=O)c1ccco1)(COC(=O)c1ccco1)CC2. The van der Waals surface area contributed by atoms with Crippen LogP contribution in [0.25, 0.3) is 0 Å². The maximum atomic E-state index is 12.3. The molecule has 1 aliphatic carbocycles. The van der Waals surface area contributed by atoms with Crippen LogP contribution in [-0.4, -0.2) is 32.3 Å². The Labute approximate surface area is 167 Å². The molecule has 1 aliphatic rings. The van der Waals surface area contributed by atoms with Gasteiger partial charge < -0.3 is 23.0 Å². The molecule has 0 aliphatic heterocycles. The van der Waals surface area contributed by atoms with E-state index in [9.17, 15) is 9.59 Å². The highest BCUT2D eigenvalue weighted by Crippen LogP contribution is 2.45. The van der Waals surface area contributed by atoms with Crippen LogP contribution in [0.3, 0.4) is 0 Å². The molecule has 7 nitrogen and oxygen atoms in total. The highest BCUT2D eigenvalue weighted by Gasteiger charge is 2.44. The number of ether oxygens (including phenoxy) is 3. The van der Waals surface area contributed by atoms with Gasteiger partial charge in [0.25, 0.3) is 0 Å². The molecule has 2 heterocycles. The van der Waals surface area contributed by atoms with Gasteiger partial charge in [-0.25, -0.2) is 9.59 Å². The number of rotatable bonds is 7. The third kappa shape index (κ3) is 3.63. The Morgan fingerprint density at radius 1 is 0.931 bits per heavy atom. The van der Waals surface area contributed by atoms with Crippen molar-refractivity contribution in [3.8, 4) is 5.75 Å². The molecule has 7 heteroatoms. The topological polar surface area (TPSA) is 88.1 Å². The van der Waals surface area contributed by atoms with Gasteiger partial charge in [-0.1, -0.05) is 12.1 Å². The molecule has 0 atom stereocenters. The molecule has 0 fully saturated rings. The van der Waals surface area contributed by atoms with Crippen molar-refractivity contribution in [1.82, 2.24) is 0 Å². The summed E-state index contributed by atoms with van der Waals surface area (Å²) in [6, 6.07) is 12.1. The fraction of sp³-hybridized carbons (Fsp3) is 0.273. The van der Waals surface area contributed by atoms with E-state index in [1.807, 2.05) is 18.2 Å². The summed E-state index contributed by atoms with van der Waals surface area (Å²) in [6.45, 7) is 0.0384. The van der Waals surface area contributed by atoms with E-state index in [1.165, 1.54) is 24.7 Å². The molecule has 2 aromatic heterocycles. The third-order valence-corrected chi connectivity index (χ3v) is 5.14. The standard InChI is InChI=1S/C22H20O7/c1-25-16-6-2-5-15-9-10-22(19(15)16,13-28-20(23)17-7-3-11-26-17)14-29-21(24)18-8-4-12-27-18/h2-8,11-12H,9-10,13-14H2,1H3. The lowest BCUT2D eigenvalue weighted by Crippen LogP contribution is -2.37. The summed E-state index contributed by atoms with van der Waals surface area (Å²) in [5.74, 6) is -0.245. The lowest BCUT2D eigenvalue weighted by molar-refractivity contribution is 0.0136. The number of methoxy groups -OCH3 is 1. The van der Waals surface area contributed by atoms with E-state index in [0.717, 1.165) is 17.5 Å². The van der Waals surface area contributed by atoms with Crippen LogP contribution >= 0.6 is 0 Å². The van der Waals surface area contributed by atoms with Crippen molar-refractivity contribution in [2.45, 2.75) is 18.3 Å². The normalized spacial score (nSPS) is 14.2. The van der Waals surface area contributed by atoms with Crippen molar-refractivity contribution in [2.24, 2.45) is 0 Å². The monoisotopic (exact) mass is 396 g/mol. The minimum Gasteiger partial charge on any atom is -0.496 e. The smallest absolute Gasteiger partial charge is 0.374 e. The number of hydrogen-bond acceptors (Lipinski definition) is 7. The Morgan fingerprint density at radius 2 is 1.55 bits per heavy atom. The minimum absolute atomic E-state index is 0.0192. The first kappa shape index (κ1) is 18.9. The predicted octanol–water partition coefficient (Wildman–Crippen LogP) is 3.78. The number of furan rings is 2. The van der Waals surface area contributed by atoms with Crippen LogP contribution in [0.15, 0.2) is 63.8 Å². The number of hydrogen-bond donors (Lipinski definition) is 0. The molecule has 0 bridgehead atoms. The van der Waals surface area contributed by atoms with E-state index in [0.29, 0.717) is 12.2 Å². The minimum atomic E-state index is -0.730. The van der Waals surface area contributed by atoms with Crippen LogP contribution in [0, 0.1) is 0 Å². The van der Waals surface area contributed by atoms with Gasteiger partial charge in [0, 0.05) is 5.56 Å². The Morgan fingerprint density at radius 3 is 2.07 bits per heavy atom. The van der Waals surface area contributed by atoms with Gasteiger partial charge in [-0.3, -0.25) is 0 Å². The maximum Gasteiger partial charge on any atom is 0.374 e. The Hall–Kier alpha value is -3.48. The van der Waals surface area contributed by atoms with Crippen LogP contribution in [0.4, 0.5) is 0 Å². The molecular weight excluding hydrogens is 376 g/mol. The summed E-state index contributed by atoms with van der Waals surface area (Å²) in [4.78, 5) is 24.7. The average Bonchev–Trinajstić information content (AvgIpc) is 3.51. The number of carbonyl (C=O) groups is 2. The first-order valence-electron chi connectivity index (χ1n) is 9.20. The number of aryl methyl sites for hydroxylation is 1. The summed E-state index contributed by atoms with van der Waals surface area (Å²) in [6.07, 6.45) is 4.21. The van der Waals surface area contributed by atoms with Crippen molar-refractivity contribution in [2.75, 3.05) is 20.3 Å². The number of esters is 2. The highest BCUT2D eigenvalue weighted by atomic mass is 16.6. The lowest BCUT2D eigenvalue weighted by Gasteiger charge is -2.30. The summed E-state index contributed by atoms with van der Waals surface area (Å²) in [5.41, 5.74) is 1.24. The molecule has 0 N–H and O–H groups in total. The molecule has 0 unspecified atom stereocenters. The number of carbonyl (C=O) groups excluding carboxylic acids is 2. The van der Waals surface area contributed by atoms with Crippen molar-refractivity contribution in [1.29, 1.82) is 0 Å². The maximum absolute atomic E-state index is 12.3. The Kier molecular flexibility index (Phi) is 5.12. The first-order chi connectivity index (χ1) is 14.1. The zero-order chi connectivity index (χ0) is 20.3. The predicted molar refractivity (Wildman–Crippen MR) is 101 cm³/mol. The zero-order valence-corrected chi connectivity index (χ0v) is 15.9. The molecular formula is C22H20O7. The van der Waals surface area contributed by atoms with Crippen molar-refractivity contribution < 1.29 is 32.6 Å². The highest BCUT2D eigenvalue weighted by molar-refractivity contribution is 5.87. The van der Waals surface area contributed by atoms with E-state index in [-0.39, 0.29) is 24.7 Å². The molecule has 3 aromatic rings.